The monoisotopic (exact) mass is 174 g/mol. The minimum Gasteiger partial charge on any atom is -0.313 e. The fourth-order valence-electron chi connectivity index (χ4n) is 0.762. The Morgan fingerprint density at radius 2 is 2.27 bits per heavy atom. The van der Waals surface area contributed by atoms with Crippen LogP contribution in [0, 0.1) is 0 Å². The van der Waals surface area contributed by atoms with Gasteiger partial charge in [0.1, 0.15) is 0 Å². The van der Waals surface area contributed by atoms with Gasteiger partial charge in [0.05, 0.1) is 0 Å². The molecule has 0 atom stereocenters. The molecule has 0 aliphatic carbocycles. The number of nitrogens with zero attached hydrogens (tertiary/aromatic N) is 3. The SMILES string of the molecule is CSc1n[nH]c(=O)n1N(C)C. The molecule has 5 nitrogen and oxygen atoms in total. The number of hydrogen-bond acceptors (Lipinski definition) is 4. The molecule has 1 heterocycles. The molecule has 1 rings (SSSR count). The Hall–Kier alpha value is -0.910. The molecule has 0 unspecified atom stereocenters. The topological polar surface area (TPSA) is 53.9 Å². The van der Waals surface area contributed by atoms with Crippen molar-refractivity contribution in [2.75, 3.05) is 25.4 Å². The van der Waals surface area contributed by atoms with Gasteiger partial charge in [0.15, 0.2) is 0 Å². The standard InChI is InChI=1S/C5H10N4OS/c1-8(2)9-4(10)6-7-5(9)11-3/h1-3H3,(H,6,10). The molecule has 11 heavy (non-hydrogen) atoms. The van der Waals surface area contributed by atoms with Crippen LogP contribution in [-0.2, 0) is 0 Å². The highest BCUT2D eigenvalue weighted by atomic mass is 32.2. The van der Waals surface area contributed by atoms with Crippen LogP contribution in [0.5, 0.6) is 0 Å². The van der Waals surface area contributed by atoms with Crippen LogP contribution in [0.2, 0.25) is 0 Å². The van der Waals surface area contributed by atoms with Gasteiger partial charge in [-0.3, -0.25) is 0 Å². The maximum absolute atomic E-state index is 11.0. The van der Waals surface area contributed by atoms with Gasteiger partial charge in [0.2, 0.25) is 5.16 Å². The average Bonchev–Trinajstić information content (AvgIpc) is 2.30. The van der Waals surface area contributed by atoms with Crippen molar-refractivity contribution in [1.29, 1.82) is 0 Å². The van der Waals surface area contributed by atoms with Crippen LogP contribution in [0.3, 0.4) is 0 Å². The summed E-state index contributed by atoms with van der Waals surface area (Å²) in [6.07, 6.45) is 1.87. The van der Waals surface area contributed by atoms with E-state index in [2.05, 4.69) is 10.2 Å². The van der Waals surface area contributed by atoms with E-state index >= 15 is 0 Å². The molecule has 0 saturated heterocycles. The Bertz CT molecular complexity index is 289. The molecular weight excluding hydrogens is 164 g/mol. The van der Waals surface area contributed by atoms with Crippen molar-refractivity contribution in [3.8, 4) is 0 Å². The summed E-state index contributed by atoms with van der Waals surface area (Å²) in [5.74, 6) is 0. The zero-order chi connectivity index (χ0) is 8.43. The lowest BCUT2D eigenvalue weighted by Crippen LogP contribution is -2.34. The van der Waals surface area contributed by atoms with Gasteiger partial charge < -0.3 is 5.01 Å². The zero-order valence-electron chi connectivity index (χ0n) is 6.66. The molecule has 0 bridgehead atoms. The first-order chi connectivity index (χ1) is 5.16. The molecule has 62 valence electrons. The first-order valence-electron chi connectivity index (χ1n) is 3.06. The maximum Gasteiger partial charge on any atom is 0.363 e. The van der Waals surface area contributed by atoms with E-state index in [1.807, 2.05) is 6.26 Å². The van der Waals surface area contributed by atoms with Gasteiger partial charge in [-0.25, -0.2) is 9.89 Å². The van der Waals surface area contributed by atoms with E-state index < -0.39 is 0 Å². The summed E-state index contributed by atoms with van der Waals surface area (Å²) >= 11 is 1.42. The Balaban J connectivity index is 3.18. The van der Waals surface area contributed by atoms with Crippen molar-refractivity contribution in [3.05, 3.63) is 10.5 Å². The van der Waals surface area contributed by atoms with E-state index in [1.165, 1.54) is 16.4 Å². The van der Waals surface area contributed by atoms with Crippen LogP contribution in [0.1, 0.15) is 0 Å². The first-order valence-corrected chi connectivity index (χ1v) is 4.28. The van der Waals surface area contributed by atoms with Gasteiger partial charge in [-0.15, -0.1) is 5.10 Å². The molecule has 0 radical (unpaired) electrons. The second kappa shape index (κ2) is 3.00. The highest BCUT2D eigenvalue weighted by Gasteiger charge is 2.06. The third-order valence-corrected chi connectivity index (χ3v) is 1.83. The van der Waals surface area contributed by atoms with E-state index in [-0.39, 0.29) is 5.69 Å². The fourth-order valence-corrected chi connectivity index (χ4v) is 1.32. The Morgan fingerprint density at radius 3 is 2.64 bits per heavy atom. The van der Waals surface area contributed by atoms with E-state index in [0.717, 1.165) is 0 Å². The predicted octanol–water partition coefficient (Wildman–Crippen LogP) is -0.509. The second-order valence-electron chi connectivity index (χ2n) is 2.17. The molecule has 0 spiro atoms. The number of rotatable bonds is 2. The summed E-state index contributed by atoms with van der Waals surface area (Å²) in [5, 5.41) is 8.51. The smallest absolute Gasteiger partial charge is 0.313 e. The summed E-state index contributed by atoms with van der Waals surface area (Å²) in [4.78, 5) is 11.0. The molecule has 1 aromatic heterocycles. The Labute approximate surface area is 68.4 Å². The van der Waals surface area contributed by atoms with Crippen molar-refractivity contribution >= 4 is 11.8 Å². The average molecular weight is 174 g/mol. The maximum atomic E-state index is 11.0. The Morgan fingerprint density at radius 1 is 1.64 bits per heavy atom. The number of aromatic nitrogens is 3. The van der Waals surface area contributed by atoms with Crippen molar-refractivity contribution in [2.45, 2.75) is 5.16 Å². The lowest BCUT2D eigenvalue weighted by atomic mass is 11.0. The third kappa shape index (κ3) is 1.40. The number of H-pyrrole nitrogens is 1. The third-order valence-electron chi connectivity index (χ3n) is 1.20. The van der Waals surface area contributed by atoms with Gasteiger partial charge in [0, 0.05) is 14.1 Å². The molecular formula is C5H10N4OS. The summed E-state index contributed by atoms with van der Waals surface area (Å²) in [6, 6.07) is 0. The van der Waals surface area contributed by atoms with Gasteiger partial charge >= 0.3 is 5.69 Å². The van der Waals surface area contributed by atoms with Crippen LogP contribution in [0.25, 0.3) is 0 Å². The highest BCUT2D eigenvalue weighted by molar-refractivity contribution is 7.98. The van der Waals surface area contributed by atoms with E-state index in [9.17, 15) is 4.79 Å². The van der Waals surface area contributed by atoms with E-state index in [1.54, 1.807) is 19.1 Å². The normalized spacial score (nSPS) is 10.1. The van der Waals surface area contributed by atoms with Gasteiger partial charge in [0.25, 0.3) is 0 Å². The molecule has 0 aliphatic rings. The second-order valence-corrected chi connectivity index (χ2v) is 2.95. The van der Waals surface area contributed by atoms with Crippen LogP contribution in [0.4, 0.5) is 0 Å². The zero-order valence-corrected chi connectivity index (χ0v) is 7.47. The van der Waals surface area contributed by atoms with Crippen molar-refractivity contribution in [2.24, 2.45) is 0 Å². The lowest BCUT2D eigenvalue weighted by Gasteiger charge is -2.12. The van der Waals surface area contributed by atoms with Crippen molar-refractivity contribution < 1.29 is 0 Å². The van der Waals surface area contributed by atoms with Crippen LogP contribution < -0.4 is 10.7 Å². The van der Waals surface area contributed by atoms with Gasteiger partial charge in [-0.05, 0) is 6.26 Å². The minimum atomic E-state index is -0.209. The summed E-state index contributed by atoms with van der Waals surface area (Å²) in [5.41, 5.74) is -0.209. The lowest BCUT2D eigenvalue weighted by molar-refractivity contribution is 0.640. The van der Waals surface area contributed by atoms with Crippen LogP contribution >= 0.6 is 11.8 Å². The quantitative estimate of drug-likeness (QED) is 0.614. The van der Waals surface area contributed by atoms with Crippen molar-refractivity contribution in [3.63, 3.8) is 0 Å². The fraction of sp³-hybridized carbons (Fsp3) is 0.600. The molecule has 1 aromatic rings. The highest BCUT2D eigenvalue weighted by Crippen LogP contribution is 2.06. The first kappa shape index (κ1) is 8.19. The molecule has 0 amide bonds. The molecule has 0 aliphatic heterocycles. The van der Waals surface area contributed by atoms with Crippen molar-refractivity contribution in [1.82, 2.24) is 14.9 Å². The minimum absolute atomic E-state index is 0.209. The largest absolute Gasteiger partial charge is 0.363 e. The number of hydrogen-bond donors (Lipinski definition) is 1. The van der Waals surface area contributed by atoms with Gasteiger partial charge in [-0.2, -0.15) is 4.68 Å². The van der Waals surface area contributed by atoms with E-state index in [4.69, 9.17) is 0 Å². The molecule has 6 heteroatoms. The van der Waals surface area contributed by atoms with E-state index in [0.29, 0.717) is 5.16 Å². The molecule has 1 N–H and O–H groups in total. The number of aromatic amines is 1. The van der Waals surface area contributed by atoms with Crippen LogP contribution in [0.15, 0.2) is 9.95 Å². The van der Waals surface area contributed by atoms with Crippen LogP contribution in [-0.4, -0.2) is 35.2 Å². The predicted molar refractivity (Wildman–Crippen MR) is 44.7 cm³/mol. The van der Waals surface area contributed by atoms with Gasteiger partial charge in [-0.1, -0.05) is 11.8 Å². The molecule has 0 aromatic carbocycles. The summed E-state index contributed by atoms with van der Waals surface area (Å²) in [7, 11) is 3.58. The Kier molecular flexibility index (Phi) is 2.23. The molecule has 0 fully saturated rings. The summed E-state index contributed by atoms with van der Waals surface area (Å²) in [6.45, 7) is 0. The molecule has 0 saturated carbocycles. The summed E-state index contributed by atoms with van der Waals surface area (Å²) < 4.78 is 1.46. The number of nitrogens with one attached hydrogen (secondary N) is 1. The number of thioether (sulfide) groups is 1.